The largest absolute Gasteiger partial charge is 0.417 e. The van der Waals surface area contributed by atoms with Gasteiger partial charge in [-0.3, -0.25) is 0 Å². The van der Waals surface area contributed by atoms with Gasteiger partial charge >= 0.3 is 17.9 Å². The van der Waals surface area contributed by atoms with Crippen LogP contribution in [0, 0.1) is 5.82 Å². The summed E-state index contributed by atoms with van der Waals surface area (Å²) in [5.41, 5.74) is -0.813. The minimum absolute atomic E-state index is 0.219. The number of halogens is 5. The van der Waals surface area contributed by atoms with Gasteiger partial charge in [-0.15, -0.1) is 0 Å². The SMILES string of the molecule is O=C(Nc1cc(Cl)c(C(F)(F)F)cc1F)N1[C@H]2CC[C@@H]1c1cnc(=O)[nH]c1C2. The van der Waals surface area contributed by atoms with Gasteiger partial charge in [0, 0.05) is 29.9 Å². The van der Waals surface area contributed by atoms with E-state index in [-0.39, 0.29) is 18.2 Å². The molecule has 1 saturated heterocycles. The normalized spacial score (nSPS) is 20.8. The van der Waals surface area contributed by atoms with Crippen molar-refractivity contribution in [2.75, 3.05) is 5.32 Å². The molecule has 3 heterocycles. The lowest BCUT2D eigenvalue weighted by Crippen LogP contribution is -2.45. The molecule has 148 valence electrons. The fraction of sp³-hybridized carbons (Fsp3) is 0.353. The Morgan fingerprint density at radius 2 is 2.07 bits per heavy atom. The lowest BCUT2D eigenvalue weighted by molar-refractivity contribution is -0.137. The molecule has 1 aromatic heterocycles. The number of aromatic nitrogens is 2. The van der Waals surface area contributed by atoms with Crippen LogP contribution in [0.3, 0.4) is 0 Å². The number of aromatic amines is 1. The molecule has 2 aliphatic rings. The molecule has 0 radical (unpaired) electrons. The maximum absolute atomic E-state index is 14.1. The number of fused-ring (bicyclic) bond motifs is 4. The van der Waals surface area contributed by atoms with Crippen molar-refractivity contribution < 1.29 is 22.4 Å². The lowest BCUT2D eigenvalue weighted by atomic mass is 10.00. The van der Waals surface area contributed by atoms with E-state index in [0.717, 1.165) is 6.07 Å². The van der Waals surface area contributed by atoms with E-state index >= 15 is 0 Å². The molecule has 0 aliphatic carbocycles. The number of amides is 2. The summed E-state index contributed by atoms with van der Waals surface area (Å²) in [6.07, 6.45) is -1.68. The summed E-state index contributed by atoms with van der Waals surface area (Å²) in [5, 5.41) is 1.60. The van der Waals surface area contributed by atoms with Crippen molar-refractivity contribution in [2.45, 2.75) is 37.5 Å². The highest BCUT2D eigenvalue weighted by Gasteiger charge is 2.43. The predicted molar refractivity (Wildman–Crippen MR) is 91.6 cm³/mol. The Hall–Kier alpha value is -2.62. The van der Waals surface area contributed by atoms with Gasteiger partial charge in [-0.2, -0.15) is 13.2 Å². The molecule has 0 spiro atoms. The van der Waals surface area contributed by atoms with E-state index in [2.05, 4.69) is 15.3 Å². The monoisotopic (exact) mass is 416 g/mol. The van der Waals surface area contributed by atoms with Gasteiger partial charge in [0.05, 0.1) is 22.3 Å². The van der Waals surface area contributed by atoms with E-state index in [1.807, 2.05) is 0 Å². The number of hydrogen-bond acceptors (Lipinski definition) is 3. The molecule has 2 aliphatic heterocycles. The van der Waals surface area contributed by atoms with Crippen LogP contribution < -0.4 is 11.0 Å². The number of nitrogens with zero attached hydrogens (tertiary/aromatic N) is 2. The number of carbonyl (C=O) groups excluding carboxylic acids is 1. The van der Waals surface area contributed by atoms with Gasteiger partial charge in [0.2, 0.25) is 0 Å². The number of hydrogen-bond donors (Lipinski definition) is 2. The van der Waals surface area contributed by atoms with Crippen molar-refractivity contribution in [1.29, 1.82) is 0 Å². The van der Waals surface area contributed by atoms with Gasteiger partial charge in [-0.1, -0.05) is 11.6 Å². The minimum Gasteiger partial charge on any atom is -0.314 e. The molecule has 6 nitrogen and oxygen atoms in total. The molecule has 2 N–H and O–H groups in total. The third-order valence-corrected chi connectivity index (χ3v) is 5.38. The van der Waals surface area contributed by atoms with Gasteiger partial charge in [-0.25, -0.2) is 19.0 Å². The van der Waals surface area contributed by atoms with Gasteiger partial charge in [0.25, 0.3) is 0 Å². The van der Waals surface area contributed by atoms with E-state index in [9.17, 15) is 27.2 Å². The van der Waals surface area contributed by atoms with Crippen molar-refractivity contribution in [3.8, 4) is 0 Å². The Bertz CT molecular complexity index is 1020. The van der Waals surface area contributed by atoms with Crippen LogP contribution >= 0.6 is 11.6 Å². The molecule has 0 unspecified atom stereocenters. The maximum atomic E-state index is 14.1. The second-order valence-corrected chi connectivity index (χ2v) is 7.13. The van der Waals surface area contributed by atoms with Crippen molar-refractivity contribution in [1.82, 2.24) is 14.9 Å². The summed E-state index contributed by atoms with van der Waals surface area (Å²) in [6, 6.07) is -0.225. The Kier molecular flexibility index (Phi) is 4.33. The summed E-state index contributed by atoms with van der Waals surface area (Å²) in [4.78, 5) is 32.0. The number of benzene rings is 1. The molecular weight excluding hydrogens is 404 g/mol. The van der Waals surface area contributed by atoms with Crippen molar-refractivity contribution in [3.05, 3.63) is 56.5 Å². The zero-order chi connectivity index (χ0) is 20.2. The smallest absolute Gasteiger partial charge is 0.314 e. The van der Waals surface area contributed by atoms with Crippen LogP contribution in [-0.4, -0.2) is 26.9 Å². The van der Waals surface area contributed by atoms with E-state index in [1.165, 1.54) is 11.1 Å². The number of anilines is 1. The number of rotatable bonds is 1. The Balaban J connectivity index is 1.61. The fourth-order valence-electron chi connectivity index (χ4n) is 3.87. The average molecular weight is 417 g/mol. The van der Waals surface area contributed by atoms with E-state index in [4.69, 9.17) is 11.6 Å². The number of urea groups is 1. The van der Waals surface area contributed by atoms with E-state index < -0.39 is 40.0 Å². The summed E-state index contributed by atoms with van der Waals surface area (Å²) >= 11 is 5.61. The molecule has 4 rings (SSSR count). The third-order valence-electron chi connectivity index (χ3n) is 5.07. The second-order valence-electron chi connectivity index (χ2n) is 6.72. The summed E-state index contributed by atoms with van der Waals surface area (Å²) in [6.45, 7) is 0. The quantitative estimate of drug-likeness (QED) is 0.693. The molecular formula is C17H13ClF4N4O2. The molecule has 11 heteroatoms. The molecule has 2 amide bonds. The average Bonchev–Trinajstić information content (AvgIpc) is 2.92. The topological polar surface area (TPSA) is 78.1 Å². The Morgan fingerprint density at radius 3 is 2.79 bits per heavy atom. The van der Waals surface area contributed by atoms with E-state index in [1.54, 1.807) is 0 Å². The Labute approximate surface area is 160 Å². The highest BCUT2D eigenvalue weighted by Crippen LogP contribution is 2.43. The van der Waals surface area contributed by atoms with Gasteiger partial charge in [0.1, 0.15) is 5.82 Å². The number of nitrogens with one attached hydrogen (secondary N) is 2. The summed E-state index contributed by atoms with van der Waals surface area (Å²) in [5.74, 6) is -1.24. The van der Waals surface area contributed by atoms with Crippen LogP contribution in [0.2, 0.25) is 5.02 Å². The number of alkyl halides is 3. The van der Waals surface area contributed by atoms with Crippen LogP contribution in [0.15, 0.2) is 23.1 Å². The second kappa shape index (κ2) is 6.47. The maximum Gasteiger partial charge on any atom is 0.417 e. The standard InChI is InChI=1S/C17H13ClF4N4O2/c18-10-5-13(11(19)4-9(10)17(20,21)22)25-16(28)26-7-1-2-14(26)8-6-23-15(27)24-12(8)3-7/h4-7,14H,1-3H2,(H,25,28)(H,23,24,27)/t7-,14+/m0/s1. The van der Waals surface area contributed by atoms with Crippen LogP contribution in [0.25, 0.3) is 0 Å². The highest BCUT2D eigenvalue weighted by atomic mass is 35.5. The van der Waals surface area contributed by atoms with Crippen molar-refractivity contribution in [3.63, 3.8) is 0 Å². The minimum atomic E-state index is -4.81. The highest BCUT2D eigenvalue weighted by molar-refractivity contribution is 6.31. The van der Waals surface area contributed by atoms with Crippen LogP contribution in [0.1, 0.15) is 35.7 Å². The zero-order valence-corrected chi connectivity index (χ0v) is 14.9. The molecule has 1 aromatic carbocycles. The van der Waals surface area contributed by atoms with E-state index in [0.29, 0.717) is 30.5 Å². The van der Waals surface area contributed by atoms with Crippen molar-refractivity contribution >= 4 is 23.3 Å². The molecule has 0 saturated carbocycles. The van der Waals surface area contributed by atoms with Crippen molar-refractivity contribution in [2.24, 2.45) is 0 Å². The third kappa shape index (κ3) is 3.11. The summed E-state index contributed by atoms with van der Waals surface area (Å²) in [7, 11) is 0. The summed E-state index contributed by atoms with van der Waals surface area (Å²) < 4.78 is 52.6. The van der Waals surface area contributed by atoms with Crippen LogP contribution in [-0.2, 0) is 12.6 Å². The molecule has 1 fully saturated rings. The molecule has 2 aromatic rings. The number of H-pyrrole nitrogens is 1. The first-order valence-electron chi connectivity index (χ1n) is 8.39. The molecule has 2 bridgehead atoms. The fourth-order valence-corrected chi connectivity index (χ4v) is 4.14. The predicted octanol–water partition coefficient (Wildman–Crippen LogP) is 3.87. The first-order chi connectivity index (χ1) is 13.1. The zero-order valence-electron chi connectivity index (χ0n) is 14.1. The van der Waals surface area contributed by atoms with Gasteiger partial charge in [0.15, 0.2) is 0 Å². The van der Waals surface area contributed by atoms with Gasteiger partial charge in [-0.05, 0) is 25.0 Å². The van der Waals surface area contributed by atoms with Crippen LogP contribution in [0.4, 0.5) is 28.0 Å². The first kappa shape index (κ1) is 18.7. The first-order valence-corrected chi connectivity index (χ1v) is 8.76. The molecule has 28 heavy (non-hydrogen) atoms. The molecule has 2 atom stereocenters. The van der Waals surface area contributed by atoms with Crippen LogP contribution in [0.5, 0.6) is 0 Å². The lowest BCUT2D eigenvalue weighted by Gasteiger charge is -2.35. The number of carbonyl (C=O) groups is 1. The Morgan fingerprint density at radius 1 is 1.32 bits per heavy atom. The van der Waals surface area contributed by atoms with Gasteiger partial charge < -0.3 is 15.2 Å².